The largest absolute Gasteiger partial charge is 0.416 e. The molecule has 0 aliphatic heterocycles. The first-order valence-corrected chi connectivity index (χ1v) is 8.21. The van der Waals surface area contributed by atoms with Crippen LogP contribution in [0.5, 0.6) is 0 Å². The van der Waals surface area contributed by atoms with Crippen molar-refractivity contribution in [2.75, 3.05) is 0 Å². The van der Waals surface area contributed by atoms with E-state index in [1.165, 1.54) is 0 Å². The molecule has 0 radical (unpaired) electrons. The fourth-order valence-electron chi connectivity index (χ4n) is 2.58. The van der Waals surface area contributed by atoms with Crippen molar-refractivity contribution in [2.24, 2.45) is 5.92 Å². The third-order valence-corrected chi connectivity index (χ3v) is 3.96. The monoisotopic (exact) mass is 361 g/mol. The van der Waals surface area contributed by atoms with Crippen molar-refractivity contribution in [3.8, 4) is 0 Å². The van der Waals surface area contributed by atoms with Crippen LogP contribution in [-0.4, -0.2) is 11.4 Å². The molecule has 140 valence electrons. The molecular weight excluding hydrogens is 339 g/mol. The van der Waals surface area contributed by atoms with Crippen LogP contribution in [0.3, 0.4) is 0 Å². The number of unbranched alkanes of at least 4 members (excludes halogenated alkanes) is 3. The van der Waals surface area contributed by atoms with E-state index in [9.17, 15) is 28.1 Å². The predicted octanol–water partition coefficient (Wildman–Crippen LogP) is 5.13. The minimum Gasteiger partial charge on any atom is -0.306 e. The number of hydrogen-bond donors (Lipinski definition) is 0. The summed E-state index contributed by atoms with van der Waals surface area (Å²) >= 11 is 0. The molecule has 8 heteroatoms. The molecule has 0 spiro atoms. The second kappa shape index (κ2) is 10.0. The molecule has 0 amide bonds. The van der Waals surface area contributed by atoms with Gasteiger partial charge in [-0.05, 0) is 30.5 Å². The summed E-state index contributed by atoms with van der Waals surface area (Å²) in [6, 6.07) is 4.00. The summed E-state index contributed by atoms with van der Waals surface area (Å²) in [5.41, 5.74) is -0.604. The zero-order chi connectivity index (χ0) is 18.9. The van der Waals surface area contributed by atoms with Gasteiger partial charge in [-0.3, -0.25) is 0 Å². The minimum atomic E-state index is -4.48. The standard InChI is InChI=1S/C17H22F3NO4/c1-2-3-4-5-6-13(12-22)11-16(25-21(23)24)14-7-9-15(10-8-14)17(18,19)20/h7-10,12-13,16H,2-6,11H2,1H3/t13-,16-/m0/s1. The molecule has 1 aromatic rings. The van der Waals surface area contributed by atoms with Gasteiger partial charge >= 0.3 is 6.18 Å². The van der Waals surface area contributed by atoms with Gasteiger partial charge < -0.3 is 9.63 Å². The average molecular weight is 361 g/mol. The lowest BCUT2D eigenvalue weighted by Crippen LogP contribution is -2.16. The molecule has 5 nitrogen and oxygen atoms in total. The number of carbonyl (C=O) groups excluding carboxylic acids is 1. The number of alkyl halides is 3. The van der Waals surface area contributed by atoms with Gasteiger partial charge in [-0.15, -0.1) is 10.1 Å². The quantitative estimate of drug-likeness (QED) is 0.237. The minimum absolute atomic E-state index is 0.0575. The van der Waals surface area contributed by atoms with Crippen LogP contribution in [0.4, 0.5) is 13.2 Å². The summed E-state index contributed by atoms with van der Waals surface area (Å²) in [4.78, 5) is 26.5. The molecule has 0 heterocycles. The Bertz CT molecular complexity index is 546. The van der Waals surface area contributed by atoms with Crippen molar-refractivity contribution in [2.45, 2.75) is 57.7 Å². The molecule has 0 fully saturated rings. The maximum atomic E-state index is 12.6. The SMILES string of the molecule is CCCCCC[C@H](C=O)C[C@H](O[N+](=O)[O-])c1ccc(C(F)(F)F)cc1. The van der Waals surface area contributed by atoms with Crippen molar-refractivity contribution in [1.82, 2.24) is 0 Å². The summed E-state index contributed by atoms with van der Waals surface area (Å²) in [5, 5.41) is 9.71. The van der Waals surface area contributed by atoms with E-state index in [0.29, 0.717) is 6.42 Å². The first-order chi connectivity index (χ1) is 11.8. The van der Waals surface area contributed by atoms with Crippen LogP contribution in [0.15, 0.2) is 24.3 Å². The molecule has 0 saturated carbocycles. The summed E-state index contributed by atoms with van der Waals surface area (Å²) in [7, 11) is 0. The van der Waals surface area contributed by atoms with Crippen LogP contribution in [0, 0.1) is 16.0 Å². The lowest BCUT2D eigenvalue weighted by molar-refractivity contribution is -0.771. The van der Waals surface area contributed by atoms with Gasteiger partial charge in [-0.1, -0.05) is 44.7 Å². The fraction of sp³-hybridized carbons (Fsp3) is 0.588. The number of nitrogens with zero attached hydrogens (tertiary/aromatic N) is 1. The number of halogens is 3. The van der Waals surface area contributed by atoms with Crippen LogP contribution in [0.25, 0.3) is 0 Å². The lowest BCUT2D eigenvalue weighted by atomic mass is 9.93. The zero-order valence-electron chi connectivity index (χ0n) is 14.0. The Morgan fingerprint density at radius 1 is 1.20 bits per heavy atom. The second-order valence-electron chi connectivity index (χ2n) is 5.92. The number of rotatable bonds is 11. The van der Waals surface area contributed by atoms with E-state index in [-0.39, 0.29) is 12.0 Å². The molecule has 0 bridgehead atoms. The van der Waals surface area contributed by atoms with E-state index in [1.54, 1.807) is 0 Å². The van der Waals surface area contributed by atoms with Gasteiger partial charge in [0.1, 0.15) is 12.4 Å². The zero-order valence-corrected chi connectivity index (χ0v) is 14.0. The first-order valence-electron chi connectivity index (χ1n) is 8.21. The summed E-state index contributed by atoms with van der Waals surface area (Å²) < 4.78 is 37.8. The average Bonchev–Trinajstić information content (AvgIpc) is 2.55. The van der Waals surface area contributed by atoms with Gasteiger partial charge in [0.05, 0.1) is 5.56 Å². The van der Waals surface area contributed by atoms with Gasteiger partial charge in [0.15, 0.2) is 0 Å². The molecular formula is C17H22F3NO4. The Morgan fingerprint density at radius 2 is 1.84 bits per heavy atom. The summed E-state index contributed by atoms with van der Waals surface area (Å²) in [6.45, 7) is 2.06. The normalized spacial score (nSPS) is 13.9. The molecule has 1 aromatic carbocycles. The maximum absolute atomic E-state index is 12.6. The molecule has 1 rings (SSSR count). The fourth-order valence-corrected chi connectivity index (χ4v) is 2.58. The van der Waals surface area contributed by atoms with Gasteiger partial charge in [0.25, 0.3) is 5.09 Å². The Hall–Kier alpha value is -2.12. The Labute approximate surface area is 144 Å². The smallest absolute Gasteiger partial charge is 0.306 e. The van der Waals surface area contributed by atoms with Crippen LogP contribution < -0.4 is 0 Å². The van der Waals surface area contributed by atoms with E-state index >= 15 is 0 Å². The summed E-state index contributed by atoms with van der Waals surface area (Å²) in [5.74, 6) is -0.441. The molecule has 0 saturated heterocycles. The molecule has 0 aliphatic rings. The third kappa shape index (κ3) is 7.53. The van der Waals surface area contributed by atoms with Crippen LogP contribution >= 0.6 is 0 Å². The van der Waals surface area contributed by atoms with Gasteiger partial charge in [0, 0.05) is 5.92 Å². The van der Waals surface area contributed by atoms with Crippen LogP contribution in [0.2, 0.25) is 0 Å². The molecule has 25 heavy (non-hydrogen) atoms. The van der Waals surface area contributed by atoms with Gasteiger partial charge in [-0.25, -0.2) is 0 Å². The van der Waals surface area contributed by atoms with E-state index in [0.717, 1.165) is 56.2 Å². The molecule has 0 unspecified atom stereocenters. The lowest BCUT2D eigenvalue weighted by Gasteiger charge is -2.19. The van der Waals surface area contributed by atoms with Gasteiger partial charge in [0.2, 0.25) is 0 Å². The number of carbonyl (C=O) groups is 1. The Morgan fingerprint density at radius 3 is 2.32 bits per heavy atom. The molecule has 0 N–H and O–H groups in total. The van der Waals surface area contributed by atoms with Gasteiger partial charge in [-0.2, -0.15) is 13.2 Å². The Kier molecular flexibility index (Phi) is 8.37. The van der Waals surface area contributed by atoms with Crippen LogP contribution in [0.1, 0.15) is 62.7 Å². The summed E-state index contributed by atoms with van der Waals surface area (Å²) in [6.07, 6.45) is -0.335. The topological polar surface area (TPSA) is 69.4 Å². The number of hydrogen-bond acceptors (Lipinski definition) is 4. The highest BCUT2D eigenvalue weighted by molar-refractivity contribution is 5.53. The van der Waals surface area contributed by atoms with Crippen LogP contribution in [-0.2, 0) is 15.8 Å². The first kappa shape index (κ1) is 20.9. The molecule has 0 aliphatic carbocycles. The predicted molar refractivity (Wildman–Crippen MR) is 85.2 cm³/mol. The Balaban J connectivity index is 2.81. The number of benzene rings is 1. The highest BCUT2D eigenvalue weighted by atomic mass is 19.4. The van der Waals surface area contributed by atoms with E-state index in [2.05, 4.69) is 11.8 Å². The van der Waals surface area contributed by atoms with E-state index in [4.69, 9.17) is 0 Å². The maximum Gasteiger partial charge on any atom is 0.416 e. The van der Waals surface area contributed by atoms with Crippen molar-refractivity contribution in [3.63, 3.8) is 0 Å². The van der Waals surface area contributed by atoms with Crippen molar-refractivity contribution < 1.29 is 27.9 Å². The highest BCUT2D eigenvalue weighted by Gasteiger charge is 2.30. The van der Waals surface area contributed by atoms with E-state index in [1.807, 2.05) is 0 Å². The van der Waals surface area contributed by atoms with E-state index < -0.39 is 28.8 Å². The van der Waals surface area contributed by atoms with Crippen molar-refractivity contribution >= 4 is 6.29 Å². The molecule has 2 atom stereocenters. The number of aldehydes is 1. The third-order valence-electron chi connectivity index (χ3n) is 3.96. The highest BCUT2D eigenvalue weighted by Crippen LogP contribution is 2.32. The molecule has 0 aromatic heterocycles. The van der Waals surface area contributed by atoms with Crippen molar-refractivity contribution in [3.05, 3.63) is 45.5 Å². The second-order valence-corrected chi connectivity index (χ2v) is 5.92. The van der Waals surface area contributed by atoms with Crippen molar-refractivity contribution in [1.29, 1.82) is 0 Å².